The first kappa shape index (κ1) is 10.8. The van der Waals surface area contributed by atoms with Gasteiger partial charge in [-0.05, 0) is 31.4 Å². The van der Waals surface area contributed by atoms with Gasteiger partial charge >= 0.3 is 0 Å². The smallest absolute Gasteiger partial charge is 0.166 e. The van der Waals surface area contributed by atoms with Crippen molar-refractivity contribution in [3.63, 3.8) is 0 Å². The number of anilines is 1. The number of nitrogens with zero attached hydrogens (tertiary/aromatic N) is 1. The second-order valence-corrected chi connectivity index (χ2v) is 5.02. The predicted molar refractivity (Wildman–Crippen MR) is 64.7 cm³/mol. The van der Waals surface area contributed by atoms with Crippen LogP contribution in [-0.4, -0.2) is 35.2 Å². The Kier molecular flexibility index (Phi) is 2.67. The van der Waals surface area contributed by atoms with E-state index >= 15 is 0 Å². The van der Waals surface area contributed by atoms with Crippen LogP contribution >= 0.6 is 0 Å². The van der Waals surface area contributed by atoms with Crippen molar-refractivity contribution in [3.05, 3.63) is 24.0 Å². The number of rotatable bonds is 3. The highest BCUT2D eigenvalue weighted by Crippen LogP contribution is 2.30. The topological polar surface area (TPSA) is 35.5 Å². The molecule has 17 heavy (non-hydrogen) atoms. The standard InChI is InChI=1S/C13H17FN2O/c14-12-7-9(1-4-13(12)17)15-10-5-6-16(8-10)11-2-3-11/h1,4,7,10-11,15,17H,2-3,5-6,8H2. The van der Waals surface area contributed by atoms with Crippen molar-refractivity contribution in [3.8, 4) is 5.75 Å². The number of hydrogen-bond acceptors (Lipinski definition) is 3. The summed E-state index contributed by atoms with van der Waals surface area (Å²) in [5.41, 5.74) is 0.753. The Morgan fingerprint density at radius 3 is 2.82 bits per heavy atom. The molecule has 2 fully saturated rings. The summed E-state index contributed by atoms with van der Waals surface area (Å²) in [6.07, 6.45) is 3.78. The second-order valence-electron chi connectivity index (χ2n) is 5.02. The molecular weight excluding hydrogens is 219 g/mol. The van der Waals surface area contributed by atoms with E-state index in [2.05, 4.69) is 10.2 Å². The number of benzene rings is 1. The van der Waals surface area contributed by atoms with Crippen LogP contribution in [0.1, 0.15) is 19.3 Å². The van der Waals surface area contributed by atoms with Gasteiger partial charge in [0.25, 0.3) is 0 Å². The van der Waals surface area contributed by atoms with Gasteiger partial charge in [0, 0.05) is 36.9 Å². The van der Waals surface area contributed by atoms with Crippen molar-refractivity contribution < 1.29 is 9.50 Å². The summed E-state index contributed by atoms with van der Waals surface area (Å²) in [6.45, 7) is 2.19. The van der Waals surface area contributed by atoms with Crippen LogP contribution < -0.4 is 5.32 Å². The lowest BCUT2D eigenvalue weighted by Gasteiger charge is -2.16. The summed E-state index contributed by atoms with van der Waals surface area (Å²) in [5.74, 6) is -0.853. The molecule has 1 atom stereocenters. The highest BCUT2D eigenvalue weighted by molar-refractivity contribution is 5.47. The molecule has 0 aromatic heterocycles. The summed E-state index contributed by atoms with van der Waals surface area (Å²) < 4.78 is 13.2. The van der Waals surface area contributed by atoms with Gasteiger partial charge in [-0.25, -0.2) is 4.39 Å². The van der Waals surface area contributed by atoms with Crippen molar-refractivity contribution in [2.75, 3.05) is 18.4 Å². The summed E-state index contributed by atoms with van der Waals surface area (Å²) in [4.78, 5) is 2.51. The van der Waals surface area contributed by atoms with Crippen LogP contribution in [0.3, 0.4) is 0 Å². The first-order chi connectivity index (χ1) is 8.22. The van der Waals surface area contributed by atoms with Crippen LogP contribution in [0.4, 0.5) is 10.1 Å². The normalized spacial score (nSPS) is 25.1. The highest BCUT2D eigenvalue weighted by Gasteiger charge is 2.34. The van der Waals surface area contributed by atoms with Gasteiger partial charge in [0.05, 0.1) is 0 Å². The fourth-order valence-corrected chi connectivity index (χ4v) is 2.51. The van der Waals surface area contributed by atoms with E-state index in [0.29, 0.717) is 6.04 Å². The highest BCUT2D eigenvalue weighted by atomic mass is 19.1. The molecule has 0 spiro atoms. The van der Waals surface area contributed by atoms with Gasteiger partial charge < -0.3 is 10.4 Å². The van der Waals surface area contributed by atoms with Crippen LogP contribution in [0.25, 0.3) is 0 Å². The second kappa shape index (κ2) is 4.18. The number of phenols is 1. The fraction of sp³-hybridized carbons (Fsp3) is 0.538. The van der Waals surface area contributed by atoms with Crippen LogP contribution in [0.15, 0.2) is 18.2 Å². The van der Waals surface area contributed by atoms with E-state index in [9.17, 15) is 4.39 Å². The molecule has 0 bridgehead atoms. The number of hydrogen-bond donors (Lipinski definition) is 2. The Balaban J connectivity index is 1.61. The lowest BCUT2D eigenvalue weighted by molar-refractivity contribution is 0.326. The van der Waals surface area contributed by atoms with Crippen LogP contribution in [-0.2, 0) is 0 Å². The quantitative estimate of drug-likeness (QED) is 0.790. The van der Waals surface area contributed by atoms with E-state index < -0.39 is 5.82 Å². The van der Waals surface area contributed by atoms with E-state index in [0.717, 1.165) is 31.2 Å². The molecular formula is C13H17FN2O. The molecule has 1 heterocycles. The van der Waals surface area contributed by atoms with Gasteiger partial charge in [-0.3, -0.25) is 4.90 Å². The molecule has 1 aliphatic carbocycles. The summed E-state index contributed by atoms with van der Waals surface area (Å²) in [7, 11) is 0. The van der Waals surface area contributed by atoms with Crippen molar-refractivity contribution in [2.45, 2.75) is 31.3 Å². The molecule has 1 aromatic rings. The molecule has 92 valence electrons. The van der Waals surface area contributed by atoms with Crippen molar-refractivity contribution in [1.82, 2.24) is 4.90 Å². The van der Waals surface area contributed by atoms with E-state index in [4.69, 9.17) is 5.11 Å². The first-order valence-electron chi connectivity index (χ1n) is 6.21. The third-order valence-electron chi connectivity index (χ3n) is 3.60. The molecule has 2 N–H and O–H groups in total. The minimum atomic E-state index is -0.563. The summed E-state index contributed by atoms with van der Waals surface area (Å²) >= 11 is 0. The maximum atomic E-state index is 13.2. The molecule has 1 aromatic carbocycles. The first-order valence-corrected chi connectivity index (χ1v) is 6.21. The molecule has 0 amide bonds. The minimum Gasteiger partial charge on any atom is -0.505 e. The fourth-order valence-electron chi connectivity index (χ4n) is 2.51. The van der Waals surface area contributed by atoms with Gasteiger partial charge in [0.2, 0.25) is 0 Å². The van der Waals surface area contributed by atoms with Crippen molar-refractivity contribution in [2.24, 2.45) is 0 Å². The van der Waals surface area contributed by atoms with E-state index in [1.165, 1.54) is 25.0 Å². The third kappa shape index (κ3) is 2.36. The Morgan fingerprint density at radius 1 is 1.29 bits per heavy atom. The van der Waals surface area contributed by atoms with Gasteiger partial charge in [-0.1, -0.05) is 0 Å². The number of phenolic OH excluding ortho intramolecular Hbond substituents is 1. The van der Waals surface area contributed by atoms with Gasteiger partial charge in [0.1, 0.15) is 0 Å². The van der Waals surface area contributed by atoms with Crippen LogP contribution in [0.5, 0.6) is 5.75 Å². The Morgan fingerprint density at radius 2 is 2.12 bits per heavy atom. The van der Waals surface area contributed by atoms with E-state index in [1.54, 1.807) is 6.07 Å². The number of nitrogens with one attached hydrogen (secondary N) is 1. The molecule has 3 nitrogen and oxygen atoms in total. The largest absolute Gasteiger partial charge is 0.505 e. The number of halogens is 1. The lowest BCUT2D eigenvalue weighted by Crippen LogP contribution is -2.27. The van der Waals surface area contributed by atoms with Gasteiger partial charge in [-0.2, -0.15) is 0 Å². The van der Waals surface area contributed by atoms with Crippen molar-refractivity contribution >= 4 is 5.69 Å². The molecule has 1 saturated carbocycles. The zero-order valence-electron chi connectivity index (χ0n) is 9.69. The molecule has 1 saturated heterocycles. The van der Waals surface area contributed by atoms with E-state index in [-0.39, 0.29) is 5.75 Å². The van der Waals surface area contributed by atoms with E-state index in [1.807, 2.05) is 0 Å². The zero-order chi connectivity index (χ0) is 11.8. The summed E-state index contributed by atoms with van der Waals surface area (Å²) in [5, 5.41) is 12.4. The third-order valence-corrected chi connectivity index (χ3v) is 3.60. The molecule has 3 rings (SSSR count). The van der Waals surface area contributed by atoms with Crippen molar-refractivity contribution in [1.29, 1.82) is 0 Å². The van der Waals surface area contributed by atoms with Gasteiger partial charge in [0.15, 0.2) is 11.6 Å². The zero-order valence-corrected chi connectivity index (χ0v) is 9.69. The maximum Gasteiger partial charge on any atom is 0.166 e. The molecule has 2 aliphatic rings. The average molecular weight is 236 g/mol. The molecule has 1 aliphatic heterocycles. The number of aromatic hydroxyl groups is 1. The molecule has 0 radical (unpaired) electrons. The van der Waals surface area contributed by atoms with Crippen LogP contribution in [0.2, 0.25) is 0 Å². The SMILES string of the molecule is Oc1ccc(NC2CCN(C3CC3)C2)cc1F. The minimum absolute atomic E-state index is 0.290. The van der Waals surface area contributed by atoms with Gasteiger partial charge in [-0.15, -0.1) is 0 Å². The average Bonchev–Trinajstić information content (AvgIpc) is 3.06. The molecule has 1 unspecified atom stereocenters. The Bertz CT molecular complexity index is 420. The monoisotopic (exact) mass is 236 g/mol. The Hall–Kier alpha value is -1.29. The lowest BCUT2D eigenvalue weighted by atomic mass is 10.2. The summed E-state index contributed by atoms with van der Waals surface area (Å²) in [6, 6.07) is 5.68. The maximum absolute atomic E-state index is 13.2. The number of likely N-dealkylation sites (tertiary alicyclic amines) is 1. The molecule has 4 heteroatoms. The van der Waals surface area contributed by atoms with Crippen LogP contribution in [0, 0.1) is 5.82 Å². The predicted octanol–water partition coefficient (Wildman–Crippen LogP) is 2.18. The Labute approximate surface area is 100 Å².